The molecule has 1 aromatic carbocycles. The van der Waals surface area contributed by atoms with Crippen molar-refractivity contribution in [2.24, 2.45) is 5.92 Å². The van der Waals surface area contributed by atoms with E-state index in [2.05, 4.69) is 5.32 Å². The Kier molecular flexibility index (Phi) is 5.74. The van der Waals surface area contributed by atoms with Crippen molar-refractivity contribution in [1.29, 1.82) is 0 Å². The fraction of sp³-hybridized carbons (Fsp3) is 0.579. The van der Waals surface area contributed by atoms with Crippen LogP contribution in [0, 0.1) is 5.92 Å². The standard InChI is InChI=1S/C19H23F3N2O3/c1-27-18(26)16-10-12-4-2-3-5-15(12)24(16)11-17(25)23-14-8-6-13(7-9-14)19(20,21)22/h6-9,12,15-16H,2-5,10-11H2,1H3,(H,23,25). The number of anilines is 1. The van der Waals surface area contributed by atoms with Crippen LogP contribution in [0.2, 0.25) is 0 Å². The van der Waals surface area contributed by atoms with Gasteiger partial charge in [0, 0.05) is 11.7 Å². The number of rotatable bonds is 4. The van der Waals surface area contributed by atoms with Gasteiger partial charge in [-0.3, -0.25) is 14.5 Å². The van der Waals surface area contributed by atoms with Crippen LogP contribution in [0.15, 0.2) is 24.3 Å². The second-order valence-electron chi connectivity index (χ2n) is 7.18. The molecule has 1 saturated heterocycles. The van der Waals surface area contributed by atoms with Crippen molar-refractivity contribution >= 4 is 17.6 Å². The fourth-order valence-corrected chi connectivity index (χ4v) is 4.26. The third-order valence-corrected chi connectivity index (χ3v) is 5.52. The van der Waals surface area contributed by atoms with E-state index in [1.165, 1.54) is 19.2 Å². The summed E-state index contributed by atoms with van der Waals surface area (Å²) in [6.07, 6.45) is 0.431. The predicted octanol–water partition coefficient (Wildman–Crippen LogP) is 3.45. The second kappa shape index (κ2) is 7.88. The first-order chi connectivity index (χ1) is 12.8. The molecule has 8 heteroatoms. The summed E-state index contributed by atoms with van der Waals surface area (Å²) in [6, 6.07) is 4.04. The molecule has 3 atom stereocenters. The number of hydrogen-bond donors (Lipinski definition) is 1. The first-order valence-corrected chi connectivity index (χ1v) is 9.10. The van der Waals surface area contributed by atoms with Gasteiger partial charge in [0.05, 0.1) is 19.2 Å². The SMILES string of the molecule is COC(=O)C1CC2CCCCC2N1CC(=O)Nc1ccc(C(F)(F)F)cc1. The molecule has 0 bridgehead atoms. The molecule has 27 heavy (non-hydrogen) atoms. The van der Waals surface area contributed by atoms with Crippen LogP contribution in [-0.2, 0) is 20.5 Å². The minimum absolute atomic E-state index is 0.0158. The van der Waals surface area contributed by atoms with Crippen LogP contribution >= 0.6 is 0 Å². The Balaban J connectivity index is 1.66. The van der Waals surface area contributed by atoms with E-state index in [0.29, 0.717) is 18.0 Å². The Morgan fingerprint density at radius 3 is 2.48 bits per heavy atom. The number of nitrogens with zero attached hydrogens (tertiary/aromatic N) is 1. The van der Waals surface area contributed by atoms with Gasteiger partial charge < -0.3 is 10.1 Å². The highest BCUT2D eigenvalue weighted by atomic mass is 19.4. The van der Waals surface area contributed by atoms with Crippen LogP contribution in [0.25, 0.3) is 0 Å². The Morgan fingerprint density at radius 1 is 1.19 bits per heavy atom. The van der Waals surface area contributed by atoms with Gasteiger partial charge in [0.1, 0.15) is 6.04 Å². The summed E-state index contributed by atoms with van der Waals surface area (Å²) in [7, 11) is 1.34. The summed E-state index contributed by atoms with van der Waals surface area (Å²) in [6.45, 7) is 0.0158. The van der Waals surface area contributed by atoms with Gasteiger partial charge >= 0.3 is 12.1 Å². The molecule has 3 rings (SSSR count). The van der Waals surface area contributed by atoms with Gasteiger partial charge in [0.25, 0.3) is 0 Å². The van der Waals surface area contributed by atoms with Gasteiger partial charge in [-0.05, 0) is 49.4 Å². The van der Waals surface area contributed by atoms with E-state index in [1.54, 1.807) is 0 Å². The third kappa shape index (κ3) is 4.43. The van der Waals surface area contributed by atoms with Gasteiger partial charge in [-0.25, -0.2) is 0 Å². The average Bonchev–Trinajstić information content (AvgIpc) is 2.99. The van der Waals surface area contributed by atoms with Crippen molar-refractivity contribution in [3.63, 3.8) is 0 Å². The smallest absolute Gasteiger partial charge is 0.416 e. The molecule has 0 spiro atoms. The largest absolute Gasteiger partial charge is 0.468 e. The lowest BCUT2D eigenvalue weighted by atomic mass is 9.85. The highest BCUT2D eigenvalue weighted by Crippen LogP contribution is 2.40. The van der Waals surface area contributed by atoms with Crippen LogP contribution in [0.5, 0.6) is 0 Å². The fourth-order valence-electron chi connectivity index (χ4n) is 4.26. The summed E-state index contributed by atoms with van der Waals surface area (Å²) < 4.78 is 42.8. The van der Waals surface area contributed by atoms with Crippen LogP contribution in [0.4, 0.5) is 18.9 Å². The first-order valence-electron chi connectivity index (χ1n) is 9.10. The molecule has 5 nitrogen and oxygen atoms in total. The van der Waals surface area contributed by atoms with E-state index in [1.807, 2.05) is 4.90 Å². The van der Waals surface area contributed by atoms with E-state index in [0.717, 1.165) is 37.8 Å². The molecule has 0 radical (unpaired) electrons. The molecular weight excluding hydrogens is 361 g/mol. The number of fused-ring (bicyclic) bond motifs is 1. The van der Waals surface area contributed by atoms with E-state index < -0.39 is 17.8 Å². The monoisotopic (exact) mass is 384 g/mol. The van der Waals surface area contributed by atoms with E-state index >= 15 is 0 Å². The molecule has 1 saturated carbocycles. The number of methoxy groups -OCH3 is 1. The van der Waals surface area contributed by atoms with Crippen molar-refractivity contribution in [1.82, 2.24) is 4.90 Å². The number of likely N-dealkylation sites (tertiary alicyclic amines) is 1. The maximum Gasteiger partial charge on any atom is 0.416 e. The summed E-state index contributed by atoms with van der Waals surface area (Å²) in [5.74, 6) is -0.316. The topological polar surface area (TPSA) is 58.6 Å². The lowest BCUT2D eigenvalue weighted by molar-refractivity contribution is -0.146. The lowest BCUT2D eigenvalue weighted by Crippen LogP contribution is -2.46. The molecule has 1 aliphatic heterocycles. The highest BCUT2D eigenvalue weighted by Gasteiger charge is 2.46. The number of carbonyl (C=O) groups is 2. The number of halogens is 3. The predicted molar refractivity (Wildman–Crippen MR) is 92.9 cm³/mol. The zero-order valence-electron chi connectivity index (χ0n) is 15.1. The number of benzene rings is 1. The van der Waals surface area contributed by atoms with Crippen molar-refractivity contribution in [2.45, 2.75) is 50.4 Å². The molecule has 148 valence electrons. The third-order valence-electron chi connectivity index (χ3n) is 5.52. The number of carbonyl (C=O) groups excluding carboxylic acids is 2. The molecular formula is C19H23F3N2O3. The van der Waals surface area contributed by atoms with Crippen molar-refractivity contribution in [3.05, 3.63) is 29.8 Å². The van der Waals surface area contributed by atoms with Crippen molar-refractivity contribution in [2.75, 3.05) is 19.0 Å². The molecule has 2 aliphatic rings. The maximum absolute atomic E-state index is 12.6. The average molecular weight is 384 g/mol. The Labute approximate surface area is 155 Å². The number of alkyl halides is 3. The molecule has 2 fully saturated rings. The summed E-state index contributed by atoms with van der Waals surface area (Å²) >= 11 is 0. The van der Waals surface area contributed by atoms with Crippen LogP contribution in [0.3, 0.4) is 0 Å². The number of nitrogens with one attached hydrogen (secondary N) is 1. The van der Waals surface area contributed by atoms with E-state index in [-0.39, 0.29) is 24.5 Å². The maximum atomic E-state index is 12.6. The minimum atomic E-state index is -4.41. The van der Waals surface area contributed by atoms with Gasteiger partial charge in [-0.2, -0.15) is 13.2 Å². The van der Waals surface area contributed by atoms with Crippen LogP contribution in [-0.4, -0.2) is 42.5 Å². The second-order valence-corrected chi connectivity index (χ2v) is 7.18. The number of amides is 1. The number of ether oxygens (including phenoxy) is 1. The number of esters is 1. The van der Waals surface area contributed by atoms with Crippen LogP contribution in [0.1, 0.15) is 37.7 Å². The molecule has 1 heterocycles. The summed E-state index contributed by atoms with van der Waals surface area (Å²) in [4.78, 5) is 26.5. The van der Waals surface area contributed by atoms with Gasteiger partial charge in [0.15, 0.2) is 0 Å². The van der Waals surface area contributed by atoms with Gasteiger partial charge in [0.2, 0.25) is 5.91 Å². The lowest BCUT2D eigenvalue weighted by Gasteiger charge is -2.32. The summed E-state index contributed by atoms with van der Waals surface area (Å²) in [5.41, 5.74) is -0.474. The van der Waals surface area contributed by atoms with E-state index in [9.17, 15) is 22.8 Å². The Bertz CT molecular complexity index is 690. The highest BCUT2D eigenvalue weighted by molar-refractivity contribution is 5.92. The zero-order chi connectivity index (χ0) is 19.6. The zero-order valence-corrected chi connectivity index (χ0v) is 15.1. The molecule has 1 aliphatic carbocycles. The van der Waals surface area contributed by atoms with E-state index in [4.69, 9.17) is 4.74 Å². The minimum Gasteiger partial charge on any atom is -0.468 e. The first kappa shape index (κ1) is 19.7. The molecule has 1 amide bonds. The Hall–Kier alpha value is -2.09. The van der Waals surface area contributed by atoms with Crippen molar-refractivity contribution < 1.29 is 27.5 Å². The Morgan fingerprint density at radius 2 is 1.85 bits per heavy atom. The van der Waals surface area contributed by atoms with Gasteiger partial charge in [-0.1, -0.05) is 12.8 Å². The summed E-state index contributed by atoms with van der Waals surface area (Å²) in [5, 5.41) is 2.62. The van der Waals surface area contributed by atoms with Crippen molar-refractivity contribution in [3.8, 4) is 0 Å². The normalized spacial score (nSPS) is 25.7. The molecule has 0 aromatic heterocycles. The number of hydrogen-bond acceptors (Lipinski definition) is 4. The molecule has 3 unspecified atom stereocenters. The van der Waals surface area contributed by atoms with Gasteiger partial charge in [-0.15, -0.1) is 0 Å². The van der Waals surface area contributed by atoms with Crippen LogP contribution < -0.4 is 5.32 Å². The molecule has 1 aromatic rings. The quantitative estimate of drug-likeness (QED) is 0.808. The molecule has 1 N–H and O–H groups in total.